The van der Waals surface area contributed by atoms with E-state index in [9.17, 15) is 9.18 Å². The number of ether oxygens (including phenoxy) is 1. The lowest BCUT2D eigenvalue weighted by atomic mass is 10.2. The van der Waals surface area contributed by atoms with Crippen molar-refractivity contribution in [2.45, 2.75) is 13.0 Å². The minimum Gasteiger partial charge on any atom is -0.491 e. The van der Waals surface area contributed by atoms with Crippen molar-refractivity contribution in [2.24, 2.45) is 5.73 Å². The van der Waals surface area contributed by atoms with Crippen molar-refractivity contribution in [1.29, 1.82) is 0 Å². The molecule has 0 unspecified atom stereocenters. The summed E-state index contributed by atoms with van der Waals surface area (Å²) in [5.41, 5.74) is 5.32. The van der Waals surface area contributed by atoms with E-state index in [1.165, 1.54) is 18.2 Å². The smallest absolute Gasteiger partial charge is 0.234 e. The Kier molecular flexibility index (Phi) is 5.99. The molecule has 7 heteroatoms. The third-order valence-electron chi connectivity index (χ3n) is 3.93. The Balaban J connectivity index is 1.72. The molecule has 1 atom stereocenters. The predicted molar refractivity (Wildman–Crippen MR) is 83.6 cm³/mol. The van der Waals surface area contributed by atoms with E-state index < -0.39 is 0 Å². The van der Waals surface area contributed by atoms with Crippen molar-refractivity contribution in [3.8, 4) is 5.75 Å². The number of hydrogen-bond donors (Lipinski definition) is 1. The lowest BCUT2D eigenvalue weighted by molar-refractivity contribution is -0.123. The molecule has 1 aliphatic rings. The highest BCUT2D eigenvalue weighted by molar-refractivity contribution is 6.32. The van der Waals surface area contributed by atoms with E-state index in [2.05, 4.69) is 9.80 Å². The average molecular weight is 330 g/mol. The zero-order chi connectivity index (χ0) is 16.1. The summed E-state index contributed by atoms with van der Waals surface area (Å²) in [6.07, 6.45) is 0. The number of primary amides is 1. The minimum absolute atomic E-state index is 0.226. The second-order valence-corrected chi connectivity index (χ2v) is 5.79. The van der Waals surface area contributed by atoms with Gasteiger partial charge >= 0.3 is 0 Å². The Morgan fingerprint density at radius 3 is 2.68 bits per heavy atom. The SMILES string of the molecule is C[C@@H](C(N)=O)N1CCN(CCOc2ccc(F)cc2Cl)CC1. The van der Waals surface area contributed by atoms with Gasteiger partial charge in [0.1, 0.15) is 18.2 Å². The minimum atomic E-state index is -0.378. The van der Waals surface area contributed by atoms with Crippen LogP contribution in [0, 0.1) is 5.82 Å². The number of rotatable bonds is 6. The van der Waals surface area contributed by atoms with Crippen molar-refractivity contribution in [2.75, 3.05) is 39.3 Å². The Labute approximate surface area is 134 Å². The Bertz CT molecular complexity index is 522. The molecule has 0 radical (unpaired) electrons. The van der Waals surface area contributed by atoms with Crippen molar-refractivity contribution in [1.82, 2.24) is 9.80 Å². The van der Waals surface area contributed by atoms with Gasteiger partial charge < -0.3 is 10.5 Å². The number of piperazine rings is 1. The van der Waals surface area contributed by atoms with Gasteiger partial charge in [0.2, 0.25) is 5.91 Å². The monoisotopic (exact) mass is 329 g/mol. The summed E-state index contributed by atoms with van der Waals surface area (Å²) in [5, 5.41) is 0.278. The molecule has 0 aromatic heterocycles. The first kappa shape index (κ1) is 17.0. The van der Waals surface area contributed by atoms with Crippen LogP contribution in [-0.4, -0.2) is 61.1 Å². The maximum atomic E-state index is 12.9. The van der Waals surface area contributed by atoms with Gasteiger partial charge in [-0.1, -0.05) is 11.6 Å². The van der Waals surface area contributed by atoms with Gasteiger partial charge in [-0.2, -0.15) is 0 Å². The molecule has 0 spiro atoms. The molecule has 2 N–H and O–H groups in total. The first-order chi connectivity index (χ1) is 10.5. The Morgan fingerprint density at radius 1 is 1.41 bits per heavy atom. The second-order valence-electron chi connectivity index (χ2n) is 5.38. The van der Waals surface area contributed by atoms with Crippen LogP contribution in [0.15, 0.2) is 18.2 Å². The van der Waals surface area contributed by atoms with E-state index in [0.717, 1.165) is 32.7 Å². The van der Waals surface area contributed by atoms with Crippen molar-refractivity contribution in [3.05, 3.63) is 29.0 Å². The van der Waals surface area contributed by atoms with E-state index in [1.54, 1.807) is 0 Å². The third kappa shape index (κ3) is 4.56. The summed E-state index contributed by atoms with van der Waals surface area (Å²) in [6.45, 7) is 6.40. The number of carbonyl (C=O) groups excluding carboxylic acids is 1. The molecule has 1 aromatic carbocycles. The number of carbonyl (C=O) groups is 1. The van der Waals surface area contributed by atoms with Crippen LogP contribution in [0.1, 0.15) is 6.92 Å². The van der Waals surface area contributed by atoms with Crippen molar-refractivity contribution >= 4 is 17.5 Å². The molecule has 1 fully saturated rings. The van der Waals surface area contributed by atoms with Crippen LogP contribution in [0.5, 0.6) is 5.75 Å². The largest absolute Gasteiger partial charge is 0.491 e. The zero-order valence-corrected chi connectivity index (χ0v) is 13.4. The van der Waals surface area contributed by atoms with E-state index >= 15 is 0 Å². The van der Waals surface area contributed by atoms with Gasteiger partial charge in [-0.05, 0) is 25.1 Å². The molecule has 0 bridgehead atoms. The van der Waals surface area contributed by atoms with Crippen LogP contribution in [0.4, 0.5) is 4.39 Å². The summed E-state index contributed by atoms with van der Waals surface area (Å²) in [6, 6.07) is 3.87. The normalized spacial score (nSPS) is 18.1. The van der Waals surface area contributed by atoms with Crippen LogP contribution < -0.4 is 10.5 Å². The van der Waals surface area contributed by atoms with Crippen molar-refractivity contribution < 1.29 is 13.9 Å². The molecule has 1 aromatic rings. The van der Waals surface area contributed by atoms with Crippen LogP contribution >= 0.6 is 11.6 Å². The molecular formula is C15H21ClFN3O2. The van der Waals surface area contributed by atoms with Gasteiger partial charge in [-0.3, -0.25) is 14.6 Å². The fourth-order valence-electron chi connectivity index (χ4n) is 2.43. The van der Waals surface area contributed by atoms with Crippen LogP contribution in [0.25, 0.3) is 0 Å². The predicted octanol–water partition coefficient (Wildman–Crippen LogP) is 1.35. The molecule has 1 heterocycles. The fourth-order valence-corrected chi connectivity index (χ4v) is 2.65. The highest BCUT2D eigenvalue weighted by Gasteiger charge is 2.23. The number of nitrogens with zero attached hydrogens (tertiary/aromatic N) is 2. The molecule has 1 amide bonds. The first-order valence-electron chi connectivity index (χ1n) is 7.31. The summed E-state index contributed by atoms with van der Waals surface area (Å²) in [5.74, 6) is -0.177. The van der Waals surface area contributed by atoms with Gasteiger partial charge in [-0.25, -0.2) is 4.39 Å². The molecule has 0 saturated carbocycles. The average Bonchev–Trinajstić information content (AvgIpc) is 2.49. The summed E-state index contributed by atoms with van der Waals surface area (Å²) in [4.78, 5) is 15.5. The van der Waals surface area contributed by atoms with Gasteiger partial charge in [0.25, 0.3) is 0 Å². The van der Waals surface area contributed by atoms with Crippen LogP contribution in [0.3, 0.4) is 0 Å². The van der Waals surface area contributed by atoms with Crippen LogP contribution in [-0.2, 0) is 4.79 Å². The lowest BCUT2D eigenvalue weighted by Crippen LogP contribution is -2.53. The van der Waals surface area contributed by atoms with Gasteiger partial charge in [0, 0.05) is 32.7 Å². The van der Waals surface area contributed by atoms with Crippen LogP contribution in [0.2, 0.25) is 5.02 Å². The van der Waals surface area contributed by atoms with Gasteiger partial charge in [-0.15, -0.1) is 0 Å². The number of amides is 1. The number of hydrogen-bond acceptors (Lipinski definition) is 4. The van der Waals surface area contributed by atoms with Gasteiger partial charge in [0.15, 0.2) is 0 Å². The van der Waals surface area contributed by atoms with Gasteiger partial charge in [0.05, 0.1) is 11.1 Å². The molecule has 2 rings (SSSR count). The van der Waals surface area contributed by atoms with E-state index in [0.29, 0.717) is 12.4 Å². The second kappa shape index (κ2) is 7.76. The highest BCUT2D eigenvalue weighted by Crippen LogP contribution is 2.24. The Hall–Kier alpha value is -1.37. The number of nitrogens with two attached hydrogens (primary N) is 1. The maximum absolute atomic E-state index is 12.9. The molecule has 22 heavy (non-hydrogen) atoms. The molecule has 1 aliphatic heterocycles. The Morgan fingerprint density at radius 2 is 2.09 bits per heavy atom. The number of halogens is 2. The standard InChI is InChI=1S/C15H21ClFN3O2/c1-11(15(18)21)20-6-4-19(5-7-20)8-9-22-14-3-2-12(17)10-13(14)16/h2-3,10-11H,4-9H2,1H3,(H2,18,21)/t11-/m0/s1. The molecule has 1 saturated heterocycles. The maximum Gasteiger partial charge on any atom is 0.234 e. The lowest BCUT2D eigenvalue weighted by Gasteiger charge is -2.36. The van der Waals surface area contributed by atoms with E-state index in [1.807, 2.05) is 6.92 Å². The highest BCUT2D eigenvalue weighted by atomic mass is 35.5. The van der Waals surface area contributed by atoms with Crippen molar-refractivity contribution in [3.63, 3.8) is 0 Å². The number of benzene rings is 1. The molecule has 0 aliphatic carbocycles. The van der Waals surface area contributed by atoms with E-state index in [4.69, 9.17) is 22.1 Å². The molecule has 122 valence electrons. The summed E-state index contributed by atoms with van der Waals surface area (Å²) in [7, 11) is 0. The first-order valence-corrected chi connectivity index (χ1v) is 7.68. The zero-order valence-electron chi connectivity index (χ0n) is 12.6. The third-order valence-corrected chi connectivity index (χ3v) is 4.22. The topological polar surface area (TPSA) is 58.8 Å². The quantitative estimate of drug-likeness (QED) is 0.856. The fraction of sp³-hybridized carbons (Fsp3) is 0.533. The molecule has 5 nitrogen and oxygen atoms in total. The molecular weight excluding hydrogens is 309 g/mol. The summed E-state index contributed by atoms with van der Waals surface area (Å²) < 4.78 is 18.5. The summed E-state index contributed by atoms with van der Waals surface area (Å²) >= 11 is 5.91. The van der Waals surface area contributed by atoms with E-state index in [-0.39, 0.29) is 22.8 Å².